The van der Waals surface area contributed by atoms with Gasteiger partial charge in [0.25, 0.3) is 5.88 Å². The van der Waals surface area contributed by atoms with Crippen molar-refractivity contribution in [2.24, 2.45) is 5.92 Å². The van der Waals surface area contributed by atoms with Crippen LogP contribution in [0.3, 0.4) is 0 Å². The van der Waals surface area contributed by atoms with E-state index < -0.39 is 0 Å². The Kier molecular flexibility index (Phi) is 2.64. The second kappa shape index (κ2) is 4.29. The average molecular weight is 233 g/mol. The molecule has 90 valence electrons. The van der Waals surface area contributed by atoms with Crippen LogP contribution < -0.4 is 10.1 Å². The quantitative estimate of drug-likeness (QED) is 0.818. The van der Waals surface area contributed by atoms with E-state index in [-0.39, 0.29) is 6.10 Å². The number of rotatable bonds is 2. The fourth-order valence-electron chi connectivity index (χ4n) is 2.08. The first-order valence-corrected chi connectivity index (χ1v) is 5.86. The van der Waals surface area contributed by atoms with Crippen molar-refractivity contribution in [2.45, 2.75) is 19.4 Å². The first kappa shape index (κ1) is 10.5. The minimum absolute atomic E-state index is 0.152. The molecule has 17 heavy (non-hydrogen) atoms. The minimum atomic E-state index is 0.152. The zero-order chi connectivity index (χ0) is 11.7. The Hall–Kier alpha value is -1.69. The van der Waals surface area contributed by atoms with Crippen molar-refractivity contribution in [2.75, 3.05) is 13.1 Å². The molecule has 1 N–H and O–H groups in total. The zero-order valence-electron chi connectivity index (χ0n) is 9.71. The van der Waals surface area contributed by atoms with Gasteiger partial charge in [0.1, 0.15) is 12.4 Å². The SMILES string of the molecule is CC1CCNCC1Oc1nccn2cnnc12. The van der Waals surface area contributed by atoms with Gasteiger partial charge < -0.3 is 10.1 Å². The third-order valence-electron chi connectivity index (χ3n) is 3.20. The van der Waals surface area contributed by atoms with E-state index in [4.69, 9.17) is 4.74 Å². The van der Waals surface area contributed by atoms with Crippen LogP contribution in [0.1, 0.15) is 13.3 Å². The molecule has 3 heterocycles. The van der Waals surface area contributed by atoms with E-state index in [1.807, 2.05) is 10.6 Å². The monoisotopic (exact) mass is 233 g/mol. The van der Waals surface area contributed by atoms with Gasteiger partial charge in [0, 0.05) is 18.9 Å². The average Bonchev–Trinajstić information content (AvgIpc) is 2.81. The lowest BCUT2D eigenvalue weighted by molar-refractivity contribution is 0.111. The van der Waals surface area contributed by atoms with Crippen molar-refractivity contribution in [1.82, 2.24) is 24.9 Å². The van der Waals surface area contributed by atoms with Gasteiger partial charge in [-0.15, -0.1) is 10.2 Å². The predicted octanol–water partition coefficient (Wildman–Crippen LogP) is 0.501. The number of nitrogens with zero attached hydrogens (tertiary/aromatic N) is 4. The lowest BCUT2D eigenvalue weighted by atomic mass is 9.97. The summed E-state index contributed by atoms with van der Waals surface area (Å²) in [6.07, 6.45) is 6.43. The molecular weight excluding hydrogens is 218 g/mol. The van der Waals surface area contributed by atoms with E-state index >= 15 is 0 Å². The molecule has 1 saturated heterocycles. The number of ether oxygens (including phenoxy) is 1. The highest BCUT2D eigenvalue weighted by atomic mass is 16.5. The Morgan fingerprint density at radius 2 is 2.47 bits per heavy atom. The molecule has 1 aliphatic rings. The lowest BCUT2D eigenvalue weighted by Crippen LogP contribution is -2.43. The summed E-state index contributed by atoms with van der Waals surface area (Å²) in [7, 11) is 0. The van der Waals surface area contributed by atoms with Crippen LogP contribution in [0.5, 0.6) is 5.88 Å². The van der Waals surface area contributed by atoms with Crippen LogP contribution >= 0.6 is 0 Å². The zero-order valence-corrected chi connectivity index (χ0v) is 9.71. The standard InChI is InChI=1S/C11H15N5O/c1-8-2-3-12-6-9(8)17-11-10-15-14-7-16(10)5-4-13-11/h4-5,7-9,12H,2-3,6H2,1H3. The number of piperidine rings is 1. The van der Waals surface area contributed by atoms with Gasteiger partial charge in [-0.2, -0.15) is 0 Å². The highest BCUT2D eigenvalue weighted by molar-refractivity contribution is 5.47. The van der Waals surface area contributed by atoms with Crippen molar-refractivity contribution in [1.29, 1.82) is 0 Å². The summed E-state index contributed by atoms with van der Waals surface area (Å²) in [4.78, 5) is 4.23. The van der Waals surface area contributed by atoms with Gasteiger partial charge in [0.15, 0.2) is 0 Å². The van der Waals surface area contributed by atoms with Crippen LogP contribution in [-0.4, -0.2) is 38.8 Å². The highest BCUT2D eigenvalue weighted by Crippen LogP contribution is 2.20. The molecule has 2 unspecified atom stereocenters. The van der Waals surface area contributed by atoms with Gasteiger partial charge in [0.2, 0.25) is 5.65 Å². The van der Waals surface area contributed by atoms with Crippen LogP contribution in [0, 0.1) is 5.92 Å². The molecule has 2 atom stereocenters. The molecule has 1 fully saturated rings. The molecule has 3 rings (SSSR count). The molecule has 0 amide bonds. The first-order chi connectivity index (χ1) is 8.34. The topological polar surface area (TPSA) is 64.3 Å². The van der Waals surface area contributed by atoms with Crippen molar-refractivity contribution in [3.05, 3.63) is 18.7 Å². The second-order valence-electron chi connectivity index (χ2n) is 4.42. The normalized spacial score (nSPS) is 25.0. The molecule has 6 nitrogen and oxygen atoms in total. The van der Waals surface area contributed by atoms with Gasteiger partial charge in [-0.05, 0) is 18.9 Å². The summed E-state index contributed by atoms with van der Waals surface area (Å²) >= 11 is 0. The summed E-state index contributed by atoms with van der Waals surface area (Å²) in [5.41, 5.74) is 0.672. The maximum Gasteiger partial charge on any atom is 0.260 e. The third-order valence-corrected chi connectivity index (χ3v) is 3.20. The van der Waals surface area contributed by atoms with Gasteiger partial charge in [0.05, 0.1) is 0 Å². The van der Waals surface area contributed by atoms with Crippen LogP contribution in [0.25, 0.3) is 5.65 Å². The van der Waals surface area contributed by atoms with E-state index in [1.54, 1.807) is 12.5 Å². The first-order valence-electron chi connectivity index (χ1n) is 5.86. The van der Waals surface area contributed by atoms with Gasteiger partial charge >= 0.3 is 0 Å². The maximum absolute atomic E-state index is 5.94. The highest BCUT2D eigenvalue weighted by Gasteiger charge is 2.24. The number of fused-ring (bicyclic) bond motifs is 1. The van der Waals surface area contributed by atoms with Crippen molar-refractivity contribution >= 4 is 5.65 Å². The lowest BCUT2D eigenvalue weighted by Gasteiger charge is -2.29. The molecular formula is C11H15N5O. The number of hydrogen-bond donors (Lipinski definition) is 1. The summed E-state index contributed by atoms with van der Waals surface area (Å²) < 4.78 is 7.75. The smallest absolute Gasteiger partial charge is 0.260 e. The molecule has 0 bridgehead atoms. The third kappa shape index (κ3) is 1.95. The number of aromatic nitrogens is 4. The minimum Gasteiger partial charge on any atom is -0.470 e. The number of nitrogens with one attached hydrogen (secondary N) is 1. The second-order valence-corrected chi connectivity index (χ2v) is 4.42. The molecule has 2 aromatic rings. The van der Waals surface area contributed by atoms with E-state index in [2.05, 4.69) is 27.4 Å². The Morgan fingerprint density at radius 3 is 3.35 bits per heavy atom. The van der Waals surface area contributed by atoms with Crippen LogP contribution in [0.15, 0.2) is 18.7 Å². The molecule has 6 heteroatoms. The predicted molar refractivity (Wildman–Crippen MR) is 61.8 cm³/mol. The summed E-state index contributed by atoms with van der Waals surface area (Å²) in [5.74, 6) is 1.09. The molecule has 0 aliphatic carbocycles. The fraction of sp³-hybridized carbons (Fsp3) is 0.545. The molecule has 0 radical (unpaired) electrons. The van der Waals surface area contributed by atoms with E-state index in [0.29, 0.717) is 17.4 Å². The molecule has 1 aliphatic heterocycles. The van der Waals surface area contributed by atoms with Gasteiger partial charge in [-0.1, -0.05) is 6.92 Å². The molecule has 2 aromatic heterocycles. The van der Waals surface area contributed by atoms with E-state index in [0.717, 1.165) is 19.5 Å². The molecule has 0 aromatic carbocycles. The Morgan fingerprint density at radius 1 is 1.53 bits per heavy atom. The van der Waals surface area contributed by atoms with Crippen LogP contribution in [-0.2, 0) is 0 Å². The van der Waals surface area contributed by atoms with E-state index in [1.165, 1.54) is 0 Å². The fourth-order valence-corrected chi connectivity index (χ4v) is 2.08. The summed E-state index contributed by atoms with van der Waals surface area (Å²) in [5, 5.41) is 11.2. The Bertz CT molecular complexity index is 511. The van der Waals surface area contributed by atoms with Crippen molar-refractivity contribution < 1.29 is 4.74 Å². The van der Waals surface area contributed by atoms with Gasteiger partial charge in [-0.3, -0.25) is 4.40 Å². The molecule has 0 spiro atoms. The van der Waals surface area contributed by atoms with Gasteiger partial charge in [-0.25, -0.2) is 4.98 Å². The Labute approximate surface area is 99.0 Å². The van der Waals surface area contributed by atoms with Crippen LogP contribution in [0.2, 0.25) is 0 Å². The summed E-state index contributed by atoms with van der Waals surface area (Å²) in [6, 6.07) is 0. The maximum atomic E-state index is 5.94. The Balaban J connectivity index is 1.86. The van der Waals surface area contributed by atoms with E-state index in [9.17, 15) is 0 Å². The van der Waals surface area contributed by atoms with Crippen molar-refractivity contribution in [3.8, 4) is 5.88 Å². The van der Waals surface area contributed by atoms with Crippen LogP contribution in [0.4, 0.5) is 0 Å². The number of hydrogen-bond acceptors (Lipinski definition) is 5. The van der Waals surface area contributed by atoms with Crippen molar-refractivity contribution in [3.63, 3.8) is 0 Å². The largest absolute Gasteiger partial charge is 0.470 e. The summed E-state index contributed by atoms with van der Waals surface area (Å²) in [6.45, 7) is 4.12. The molecule has 0 saturated carbocycles.